The second-order valence-electron chi connectivity index (χ2n) is 12.5. The SMILES string of the molecule is CC1=C(C)C(=O)OC([C@@H](C)C2CCC3[C@@H]4C[C@H]5O[C@]56C(O)C=CC(=O)[C@]6(C)C4CC[C@]23C)C1. The maximum absolute atomic E-state index is 13.3. The van der Waals surface area contributed by atoms with E-state index < -0.39 is 17.1 Å². The number of esters is 1. The lowest BCUT2D eigenvalue weighted by molar-refractivity contribution is -0.155. The van der Waals surface area contributed by atoms with E-state index in [9.17, 15) is 14.7 Å². The fraction of sp³-hybridized carbons (Fsp3) is 0.786. The van der Waals surface area contributed by atoms with Gasteiger partial charge in [-0.1, -0.05) is 19.4 Å². The number of rotatable bonds is 2. The van der Waals surface area contributed by atoms with Crippen LogP contribution in [0.15, 0.2) is 23.3 Å². The first-order chi connectivity index (χ1) is 15.6. The van der Waals surface area contributed by atoms with Crippen molar-refractivity contribution in [2.24, 2.45) is 40.4 Å². The number of carbonyl (C=O) groups excluding carboxylic acids is 2. The molecule has 1 saturated heterocycles. The molecule has 180 valence electrons. The molecule has 0 aromatic heterocycles. The Balaban J connectivity index is 1.28. The van der Waals surface area contributed by atoms with Crippen molar-refractivity contribution in [2.75, 3.05) is 0 Å². The maximum atomic E-state index is 13.3. The van der Waals surface area contributed by atoms with Crippen LogP contribution in [0.5, 0.6) is 0 Å². The van der Waals surface area contributed by atoms with E-state index in [1.165, 1.54) is 6.42 Å². The quantitative estimate of drug-likeness (QED) is 0.495. The van der Waals surface area contributed by atoms with Crippen molar-refractivity contribution < 1.29 is 24.2 Å². The summed E-state index contributed by atoms with van der Waals surface area (Å²) < 4.78 is 12.2. The number of aliphatic hydroxyl groups excluding tert-OH is 1. The molecular weight excluding hydrogens is 416 g/mol. The van der Waals surface area contributed by atoms with Crippen LogP contribution in [0.25, 0.3) is 0 Å². The van der Waals surface area contributed by atoms with Gasteiger partial charge in [-0.2, -0.15) is 0 Å². The fourth-order valence-electron chi connectivity index (χ4n) is 9.54. The van der Waals surface area contributed by atoms with Gasteiger partial charge in [0.1, 0.15) is 17.8 Å². The van der Waals surface area contributed by atoms with Crippen LogP contribution in [-0.2, 0) is 19.1 Å². The van der Waals surface area contributed by atoms with Crippen molar-refractivity contribution in [2.45, 2.75) is 97.1 Å². The van der Waals surface area contributed by atoms with Crippen molar-refractivity contribution in [3.05, 3.63) is 23.3 Å². The normalized spacial score (nSPS) is 53.6. The van der Waals surface area contributed by atoms with Crippen molar-refractivity contribution in [1.82, 2.24) is 0 Å². The standard InChI is InChI=1S/C28H38O5/c1-14-12-21(32-25(31)15(14)2)16(3)18-6-7-19-17-13-24-28(33-24)23(30)9-8-22(29)27(28,5)20(17)10-11-26(18,19)4/h8-9,16-21,23-24,30H,6-7,10-13H2,1-5H3/t16-,17-,18?,19?,20?,21?,23?,24+,26+,27-,28+/m0/s1. The highest BCUT2D eigenvalue weighted by molar-refractivity contribution is 5.98. The summed E-state index contributed by atoms with van der Waals surface area (Å²) in [5.74, 6) is 2.09. The van der Waals surface area contributed by atoms with E-state index in [2.05, 4.69) is 27.7 Å². The number of epoxide rings is 1. The van der Waals surface area contributed by atoms with Crippen molar-refractivity contribution >= 4 is 11.8 Å². The molecule has 0 radical (unpaired) electrons. The highest BCUT2D eigenvalue weighted by Crippen LogP contribution is 2.73. The van der Waals surface area contributed by atoms with Gasteiger partial charge in [-0.15, -0.1) is 0 Å². The highest BCUT2D eigenvalue weighted by atomic mass is 16.6. The van der Waals surface area contributed by atoms with E-state index in [0.717, 1.165) is 43.3 Å². The lowest BCUT2D eigenvalue weighted by Crippen LogP contribution is -2.63. The molecule has 1 N–H and O–H groups in total. The number of allylic oxidation sites excluding steroid dienone is 1. The van der Waals surface area contributed by atoms with Crippen molar-refractivity contribution in [3.8, 4) is 0 Å². The van der Waals surface area contributed by atoms with Crippen LogP contribution in [0, 0.1) is 40.4 Å². The number of ether oxygens (including phenoxy) is 2. The molecule has 5 nitrogen and oxygen atoms in total. The first-order valence-electron chi connectivity index (χ1n) is 13.0. The third-order valence-electron chi connectivity index (χ3n) is 11.6. The minimum Gasteiger partial charge on any atom is -0.458 e. The Bertz CT molecular complexity index is 981. The van der Waals surface area contributed by atoms with Gasteiger partial charge in [-0.3, -0.25) is 4.79 Å². The molecule has 0 aromatic carbocycles. The summed E-state index contributed by atoms with van der Waals surface area (Å²) in [4.78, 5) is 25.7. The second kappa shape index (κ2) is 6.81. The summed E-state index contributed by atoms with van der Waals surface area (Å²) in [5.41, 5.74) is 0.798. The van der Waals surface area contributed by atoms with Crippen LogP contribution in [0.1, 0.15) is 73.1 Å². The molecule has 0 amide bonds. The van der Waals surface area contributed by atoms with Gasteiger partial charge < -0.3 is 14.6 Å². The first kappa shape index (κ1) is 22.0. The Hall–Kier alpha value is -1.46. The molecule has 2 aliphatic heterocycles. The largest absolute Gasteiger partial charge is 0.458 e. The zero-order valence-corrected chi connectivity index (χ0v) is 20.6. The summed E-state index contributed by atoms with van der Waals surface area (Å²) in [7, 11) is 0. The van der Waals surface area contributed by atoms with Gasteiger partial charge in [-0.25, -0.2) is 4.79 Å². The van der Waals surface area contributed by atoms with Crippen LogP contribution in [0.2, 0.25) is 0 Å². The number of hydrogen-bond acceptors (Lipinski definition) is 5. The molecule has 0 aromatic rings. The number of carbonyl (C=O) groups is 2. The lowest BCUT2D eigenvalue weighted by Gasteiger charge is -2.58. The van der Waals surface area contributed by atoms with Crippen LogP contribution >= 0.6 is 0 Å². The summed E-state index contributed by atoms with van der Waals surface area (Å²) in [6.07, 6.45) is 8.75. The third-order valence-corrected chi connectivity index (χ3v) is 11.6. The Morgan fingerprint density at radius 1 is 1.12 bits per heavy atom. The number of ketones is 1. The Morgan fingerprint density at radius 2 is 1.88 bits per heavy atom. The molecule has 6 rings (SSSR count). The molecule has 4 aliphatic carbocycles. The molecule has 2 heterocycles. The molecule has 1 spiro atoms. The molecule has 5 heteroatoms. The third kappa shape index (κ3) is 2.56. The van der Waals surface area contributed by atoms with Gasteiger partial charge in [0.15, 0.2) is 5.78 Å². The van der Waals surface area contributed by atoms with Crippen LogP contribution < -0.4 is 0 Å². The van der Waals surface area contributed by atoms with Crippen LogP contribution in [0.3, 0.4) is 0 Å². The molecule has 5 unspecified atom stereocenters. The molecule has 33 heavy (non-hydrogen) atoms. The Kier molecular flexibility index (Phi) is 4.55. The molecule has 3 saturated carbocycles. The van der Waals surface area contributed by atoms with Gasteiger partial charge in [0, 0.05) is 12.0 Å². The Morgan fingerprint density at radius 3 is 2.61 bits per heavy atom. The predicted molar refractivity (Wildman–Crippen MR) is 123 cm³/mol. The van der Waals surface area contributed by atoms with E-state index in [4.69, 9.17) is 9.47 Å². The monoisotopic (exact) mass is 454 g/mol. The number of aliphatic hydroxyl groups is 1. The fourth-order valence-corrected chi connectivity index (χ4v) is 9.54. The van der Waals surface area contributed by atoms with Gasteiger partial charge in [0.2, 0.25) is 0 Å². The van der Waals surface area contributed by atoms with E-state index >= 15 is 0 Å². The summed E-state index contributed by atoms with van der Waals surface area (Å²) in [5, 5.41) is 10.8. The van der Waals surface area contributed by atoms with Gasteiger partial charge in [0.25, 0.3) is 0 Å². The molecule has 11 atom stereocenters. The van der Waals surface area contributed by atoms with Crippen molar-refractivity contribution in [1.29, 1.82) is 0 Å². The maximum Gasteiger partial charge on any atom is 0.333 e. The van der Waals surface area contributed by atoms with Crippen LogP contribution in [0.4, 0.5) is 0 Å². The number of fused-ring (bicyclic) bond motifs is 4. The number of hydrogen-bond donors (Lipinski definition) is 1. The highest BCUT2D eigenvalue weighted by Gasteiger charge is 2.80. The summed E-state index contributed by atoms with van der Waals surface area (Å²) in [6, 6.07) is 0. The molecule has 0 bridgehead atoms. The van der Waals surface area contributed by atoms with E-state index in [1.54, 1.807) is 12.2 Å². The average molecular weight is 455 g/mol. The second-order valence-corrected chi connectivity index (χ2v) is 12.5. The van der Waals surface area contributed by atoms with Gasteiger partial charge >= 0.3 is 5.97 Å². The molecule has 4 fully saturated rings. The molecular formula is C28H38O5. The summed E-state index contributed by atoms with van der Waals surface area (Å²) in [6.45, 7) is 10.8. The average Bonchev–Trinajstić information content (AvgIpc) is 3.41. The van der Waals surface area contributed by atoms with E-state index in [1.807, 2.05) is 6.92 Å². The van der Waals surface area contributed by atoms with Crippen LogP contribution in [-0.4, -0.2) is 40.8 Å². The van der Waals surface area contributed by atoms with Gasteiger partial charge in [-0.05, 0) is 100 Å². The lowest BCUT2D eigenvalue weighted by atomic mass is 9.44. The minimum atomic E-state index is -0.697. The zero-order valence-electron chi connectivity index (χ0n) is 20.6. The number of cyclic esters (lactones) is 1. The first-order valence-corrected chi connectivity index (χ1v) is 13.0. The van der Waals surface area contributed by atoms with Gasteiger partial charge in [0.05, 0.1) is 11.5 Å². The smallest absolute Gasteiger partial charge is 0.333 e. The van der Waals surface area contributed by atoms with E-state index in [-0.39, 0.29) is 35.3 Å². The molecule has 6 aliphatic rings. The Labute approximate surface area is 197 Å². The van der Waals surface area contributed by atoms with E-state index in [0.29, 0.717) is 23.7 Å². The topological polar surface area (TPSA) is 76.1 Å². The van der Waals surface area contributed by atoms with Crippen molar-refractivity contribution in [3.63, 3.8) is 0 Å². The zero-order chi connectivity index (χ0) is 23.5. The summed E-state index contributed by atoms with van der Waals surface area (Å²) >= 11 is 0. The predicted octanol–water partition coefficient (Wildman–Crippen LogP) is 4.38. The minimum absolute atomic E-state index is 0.0125.